The fourth-order valence-corrected chi connectivity index (χ4v) is 2.88. The van der Waals surface area contributed by atoms with Crippen LogP contribution in [-0.2, 0) is 11.3 Å². The number of rotatable bonds is 8. The maximum absolute atomic E-state index is 12.6. The van der Waals surface area contributed by atoms with Crippen molar-refractivity contribution in [3.05, 3.63) is 53.6 Å². The zero-order valence-electron chi connectivity index (χ0n) is 17.1. The lowest BCUT2D eigenvalue weighted by atomic mass is 10.0. The summed E-state index contributed by atoms with van der Waals surface area (Å²) in [6, 6.07) is 13.5. The van der Waals surface area contributed by atoms with E-state index < -0.39 is 0 Å². The summed E-state index contributed by atoms with van der Waals surface area (Å²) < 4.78 is 10.8. The molecule has 0 spiro atoms. The van der Waals surface area contributed by atoms with Gasteiger partial charge < -0.3 is 14.8 Å². The number of ether oxygens (including phenoxy) is 2. The molecule has 5 nitrogen and oxygen atoms in total. The number of amides is 1. The van der Waals surface area contributed by atoms with Gasteiger partial charge in [0.2, 0.25) is 5.91 Å². The molecule has 146 valence electrons. The predicted molar refractivity (Wildman–Crippen MR) is 110 cm³/mol. The number of likely N-dealkylation sites (N-methyl/N-ethyl adjacent to an activating group) is 1. The highest BCUT2D eigenvalue weighted by Crippen LogP contribution is 2.31. The van der Waals surface area contributed by atoms with Gasteiger partial charge in [0.1, 0.15) is 0 Å². The summed E-state index contributed by atoms with van der Waals surface area (Å²) in [5, 5.41) is 2.99. The molecule has 2 rings (SSSR count). The Morgan fingerprint density at radius 2 is 1.70 bits per heavy atom. The van der Waals surface area contributed by atoms with Gasteiger partial charge in [-0.3, -0.25) is 9.69 Å². The highest BCUT2D eigenvalue weighted by molar-refractivity contribution is 5.94. The first-order valence-electron chi connectivity index (χ1n) is 9.18. The molecule has 0 aliphatic rings. The molecule has 5 heteroatoms. The summed E-state index contributed by atoms with van der Waals surface area (Å²) in [5.41, 5.74) is 3.03. The number of carbonyl (C=O) groups is 1. The fraction of sp³-hybridized carbons (Fsp3) is 0.409. The molecule has 0 aromatic heterocycles. The van der Waals surface area contributed by atoms with Gasteiger partial charge in [0.05, 0.1) is 20.3 Å². The summed E-state index contributed by atoms with van der Waals surface area (Å²) in [5.74, 6) is 1.81. The number of nitrogens with one attached hydrogen (secondary N) is 1. The number of para-hydroxylation sites is 1. The number of anilines is 1. The molecule has 2 aromatic rings. The fourth-order valence-electron chi connectivity index (χ4n) is 2.88. The third-order valence-electron chi connectivity index (χ3n) is 4.79. The number of hydrogen-bond acceptors (Lipinski definition) is 4. The molecule has 0 saturated carbocycles. The SMILES string of the molecule is COc1cccc(CN(C)C(C)C(=O)Nc2ccc(C(C)C)cc2)c1OC. The van der Waals surface area contributed by atoms with E-state index in [0.717, 1.165) is 11.3 Å². The summed E-state index contributed by atoms with van der Waals surface area (Å²) in [4.78, 5) is 14.6. The molecule has 1 unspecified atom stereocenters. The van der Waals surface area contributed by atoms with Crippen LogP contribution in [0, 0.1) is 0 Å². The van der Waals surface area contributed by atoms with Crippen molar-refractivity contribution in [1.29, 1.82) is 0 Å². The first-order valence-corrected chi connectivity index (χ1v) is 9.18. The van der Waals surface area contributed by atoms with Crippen LogP contribution < -0.4 is 14.8 Å². The lowest BCUT2D eigenvalue weighted by Crippen LogP contribution is -2.39. The Kier molecular flexibility index (Phi) is 7.25. The van der Waals surface area contributed by atoms with Gasteiger partial charge in [0, 0.05) is 17.8 Å². The van der Waals surface area contributed by atoms with E-state index in [1.165, 1.54) is 5.56 Å². The van der Waals surface area contributed by atoms with Crippen LogP contribution in [0.25, 0.3) is 0 Å². The normalized spacial score (nSPS) is 12.1. The smallest absolute Gasteiger partial charge is 0.241 e. The van der Waals surface area contributed by atoms with Crippen LogP contribution in [0.5, 0.6) is 11.5 Å². The van der Waals surface area contributed by atoms with Crippen molar-refractivity contribution in [3.8, 4) is 11.5 Å². The average molecular weight is 370 g/mol. The molecule has 0 radical (unpaired) electrons. The van der Waals surface area contributed by atoms with E-state index in [1.54, 1.807) is 14.2 Å². The molecule has 2 aromatic carbocycles. The maximum Gasteiger partial charge on any atom is 0.241 e. The van der Waals surface area contributed by atoms with E-state index in [4.69, 9.17) is 9.47 Å². The third-order valence-corrected chi connectivity index (χ3v) is 4.79. The Morgan fingerprint density at radius 3 is 2.26 bits per heavy atom. The van der Waals surface area contributed by atoms with Gasteiger partial charge in [0.15, 0.2) is 11.5 Å². The van der Waals surface area contributed by atoms with E-state index in [9.17, 15) is 4.79 Å². The minimum absolute atomic E-state index is 0.0448. The van der Waals surface area contributed by atoms with E-state index in [2.05, 4.69) is 31.3 Å². The quantitative estimate of drug-likeness (QED) is 0.753. The summed E-state index contributed by atoms with van der Waals surface area (Å²) in [6.45, 7) is 6.76. The van der Waals surface area contributed by atoms with Crippen LogP contribution in [0.3, 0.4) is 0 Å². The topological polar surface area (TPSA) is 50.8 Å². The van der Waals surface area contributed by atoms with Crippen molar-refractivity contribution in [1.82, 2.24) is 4.90 Å². The molecule has 0 heterocycles. The first kappa shape index (κ1) is 20.8. The number of carbonyl (C=O) groups excluding carboxylic acids is 1. The molecule has 0 bridgehead atoms. The Balaban J connectivity index is 2.04. The molecular weight excluding hydrogens is 340 g/mol. The highest BCUT2D eigenvalue weighted by atomic mass is 16.5. The van der Waals surface area contributed by atoms with Crippen molar-refractivity contribution in [3.63, 3.8) is 0 Å². The van der Waals surface area contributed by atoms with E-state index >= 15 is 0 Å². The van der Waals surface area contributed by atoms with Crippen molar-refractivity contribution in [2.24, 2.45) is 0 Å². The van der Waals surface area contributed by atoms with E-state index in [-0.39, 0.29) is 11.9 Å². The Morgan fingerprint density at radius 1 is 1.04 bits per heavy atom. The standard InChI is InChI=1S/C22H30N2O3/c1-15(2)17-10-12-19(13-11-17)23-22(25)16(3)24(4)14-18-8-7-9-20(26-5)21(18)27-6/h7-13,15-16H,14H2,1-6H3,(H,23,25). The second-order valence-electron chi connectivity index (χ2n) is 7.01. The second-order valence-corrected chi connectivity index (χ2v) is 7.01. The Bertz CT molecular complexity index is 757. The molecule has 0 aliphatic carbocycles. The molecule has 0 saturated heterocycles. The van der Waals surface area contributed by atoms with Gasteiger partial charge in [-0.15, -0.1) is 0 Å². The largest absolute Gasteiger partial charge is 0.493 e. The van der Waals surface area contributed by atoms with Gasteiger partial charge in [-0.2, -0.15) is 0 Å². The number of methoxy groups -OCH3 is 2. The maximum atomic E-state index is 12.6. The van der Waals surface area contributed by atoms with Crippen molar-refractivity contribution in [2.45, 2.75) is 39.3 Å². The lowest BCUT2D eigenvalue weighted by Gasteiger charge is -2.25. The summed E-state index contributed by atoms with van der Waals surface area (Å²) >= 11 is 0. The zero-order valence-corrected chi connectivity index (χ0v) is 17.1. The zero-order chi connectivity index (χ0) is 20.0. The van der Waals surface area contributed by atoms with Gasteiger partial charge >= 0.3 is 0 Å². The molecule has 27 heavy (non-hydrogen) atoms. The van der Waals surface area contributed by atoms with Crippen molar-refractivity contribution < 1.29 is 14.3 Å². The van der Waals surface area contributed by atoms with Crippen molar-refractivity contribution >= 4 is 11.6 Å². The average Bonchev–Trinajstić information content (AvgIpc) is 2.67. The lowest BCUT2D eigenvalue weighted by molar-refractivity contribution is -0.120. The molecular formula is C22H30N2O3. The predicted octanol–water partition coefficient (Wildman–Crippen LogP) is 4.29. The number of hydrogen-bond donors (Lipinski definition) is 1. The summed E-state index contributed by atoms with van der Waals surface area (Å²) in [7, 11) is 5.16. The Hall–Kier alpha value is -2.53. The van der Waals surface area contributed by atoms with Gasteiger partial charge in [-0.05, 0) is 43.7 Å². The minimum atomic E-state index is -0.300. The number of nitrogens with zero attached hydrogens (tertiary/aromatic N) is 1. The Labute approximate surface area is 162 Å². The van der Waals surface area contributed by atoms with Crippen LogP contribution in [0.4, 0.5) is 5.69 Å². The molecule has 0 fully saturated rings. The van der Waals surface area contributed by atoms with Gasteiger partial charge in [-0.1, -0.05) is 38.1 Å². The van der Waals surface area contributed by atoms with Crippen LogP contribution in [0.15, 0.2) is 42.5 Å². The third kappa shape index (κ3) is 5.23. The second kappa shape index (κ2) is 9.42. The van der Waals surface area contributed by atoms with E-state index in [1.807, 2.05) is 49.2 Å². The van der Waals surface area contributed by atoms with Crippen LogP contribution >= 0.6 is 0 Å². The summed E-state index contributed by atoms with van der Waals surface area (Å²) in [6.07, 6.45) is 0. The monoisotopic (exact) mass is 370 g/mol. The highest BCUT2D eigenvalue weighted by Gasteiger charge is 2.20. The molecule has 1 N–H and O–H groups in total. The first-order chi connectivity index (χ1) is 12.9. The van der Waals surface area contributed by atoms with Gasteiger partial charge in [-0.25, -0.2) is 0 Å². The molecule has 0 aliphatic heterocycles. The number of benzene rings is 2. The van der Waals surface area contributed by atoms with Crippen LogP contribution in [0.2, 0.25) is 0 Å². The van der Waals surface area contributed by atoms with Crippen LogP contribution in [0.1, 0.15) is 37.8 Å². The van der Waals surface area contributed by atoms with Crippen LogP contribution in [-0.4, -0.2) is 38.1 Å². The molecule has 1 atom stereocenters. The van der Waals surface area contributed by atoms with Crippen molar-refractivity contribution in [2.75, 3.05) is 26.6 Å². The van der Waals surface area contributed by atoms with E-state index in [0.29, 0.717) is 24.0 Å². The van der Waals surface area contributed by atoms with Gasteiger partial charge in [0.25, 0.3) is 0 Å². The minimum Gasteiger partial charge on any atom is -0.493 e. The molecule has 1 amide bonds.